The second kappa shape index (κ2) is 7.70. The second-order valence-electron chi connectivity index (χ2n) is 5.36. The number of hydrogen-bond acceptors (Lipinski definition) is 4. The molecule has 0 aliphatic rings. The maximum atomic E-state index is 12.5. The number of halogens is 2. The first-order valence-corrected chi connectivity index (χ1v) is 8.32. The molecule has 3 aromatic rings. The van der Waals surface area contributed by atoms with Crippen molar-refractivity contribution in [3.63, 3.8) is 0 Å². The average Bonchev–Trinajstić information content (AvgIpc) is 2.65. The first-order chi connectivity index (χ1) is 12.1. The predicted molar refractivity (Wildman–Crippen MR) is 99.7 cm³/mol. The van der Waals surface area contributed by atoms with Crippen molar-refractivity contribution < 1.29 is 5.11 Å². The van der Waals surface area contributed by atoms with Gasteiger partial charge in [0, 0.05) is 5.02 Å². The first-order valence-electron chi connectivity index (χ1n) is 7.56. The van der Waals surface area contributed by atoms with Crippen LogP contribution in [0.15, 0.2) is 65.6 Å². The monoisotopic (exact) mass is 375 g/mol. The van der Waals surface area contributed by atoms with Crippen LogP contribution in [0.2, 0.25) is 10.0 Å². The summed E-state index contributed by atoms with van der Waals surface area (Å²) in [6, 6.07) is 15.6. The van der Waals surface area contributed by atoms with E-state index >= 15 is 0 Å². The van der Waals surface area contributed by atoms with Gasteiger partial charge in [-0.1, -0.05) is 53.5 Å². The molecule has 0 fully saturated rings. The van der Waals surface area contributed by atoms with Gasteiger partial charge in [-0.15, -0.1) is 0 Å². The van der Waals surface area contributed by atoms with Gasteiger partial charge < -0.3 is 10.4 Å². The van der Waals surface area contributed by atoms with E-state index in [1.54, 1.807) is 36.4 Å². The van der Waals surface area contributed by atoms with E-state index in [1.807, 2.05) is 18.2 Å². The van der Waals surface area contributed by atoms with Gasteiger partial charge in [-0.05, 0) is 29.8 Å². The molecule has 1 unspecified atom stereocenters. The van der Waals surface area contributed by atoms with Crippen molar-refractivity contribution in [2.75, 3.05) is 11.9 Å². The van der Waals surface area contributed by atoms with Crippen LogP contribution in [0.1, 0.15) is 11.6 Å². The number of rotatable bonds is 5. The summed E-state index contributed by atoms with van der Waals surface area (Å²) in [5.41, 5.74) is 1.35. The lowest BCUT2D eigenvalue weighted by molar-refractivity contribution is 0.276. The number of aliphatic hydroxyl groups is 1. The van der Waals surface area contributed by atoms with E-state index in [0.29, 0.717) is 16.4 Å². The van der Waals surface area contributed by atoms with Crippen molar-refractivity contribution in [3.05, 3.63) is 86.8 Å². The highest BCUT2D eigenvalue weighted by atomic mass is 35.5. The summed E-state index contributed by atoms with van der Waals surface area (Å²) < 4.78 is 1.23. The van der Waals surface area contributed by atoms with Crippen LogP contribution < -0.4 is 10.9 Å². The Balaban J connectivity index is 1.91. The van der Waals surface area contributed by atoms with Crippen molar-refractivity contribution in [2.45, 2.75) is 6.04 Å². The Labute approximate surface area is 154 Å². The Bertz CT molecular complexity index is 912. The Morgan fingerprint density at radius 2 is 1.76 bits per heavy atom. The van der Waals surface area contributed by atoms with Crippen molar-refractivity contribution in [1.29, 1.82) is 0 Å². The van der Waals surface area contributed by atoms with Gasteiger partial charge in [-0.2, -0.15) is 9.78 Å². The van der Waals surface area contributed by atoms with E-state index in [4.69, 9.17) is 23.2 Å². The van der Waals surface area contributed by atoms with Gasteiger partial charge in [0.15, 0.2) is 0 Å². The lowest BCUT2D eigenvalue weighted by Crippen LogP contribution is -2.24. The maximum Gasteiger partial charge on any atom is 0.292 e. The molecule has 0 aliphatic heterocycles. The Kier molecular flexibility index (Phi) is 5.38. The van der Waals surface area contributed by atoms with Gasteiger partial charge in [0.1, 0.15) is 5.02 Å². The van der Waals surface area contributed by atoms with Crippen molar-refractivity contribution in [3.8, 4) is 5.69 Å². The summed E-state index contributed by atoms with van der Waals surface area (Å²) in [5.74, 6) is 0. The van der Waals surface area contributed by atoms with E-state index < -0.39 is 11.6 Å². The van der Waals surface area contributed by atoms with Crippen molar-refractivity contribution in [1.82, 2.24) is 9.78 Å². The van der Waals surface area contributed by atoms with E-state index in [-0.39, 0.29) is 11.6 Å². The minimum absolute atomic E-state index is 0.00580. The third-order valence-corrected chi connectivity index (χ3v) is 4.32. The highest BCUT2D eigenvalue weighted by molar-refractivity contribution is 6.33. The molecule has 0 aliphatic carbocycles. The minimum Gasteiger partial charge on any atom is -0.394 e. The molecular weight excluding hydrogens is 361 g/mol. The van der Waals surface area contributed by atoms with Crippen molar-refractivity contribution in [2.24, 2.45) is 0 Å². The van der Waals surface area contributed by atoms with Crippen LogP contribution in [0, 0.1) is 0 Å². The van der Waals surface area contributed by atoms with E-state index in [9.17, 15) is 9.90 Å². The molecule has 5 nitrogen and oxygen atoms in total. The number of aliphatic hydroxyl groups excluding tert-OH is 1. The second-order valence-corrected chi connectivity index (χ2v) is 6.17. The number of hydrogen-bond donors (Lipinski definition) is 2. The third-order valence-electron chi connectivity index (χ3n) is 3.70. The van der Waals surface area contributed by atoms with Crippen LogP contribution >= 0.6 is 23.2 Å². The third kappa shape index (κ3) is 3.85. The Hall–Kier alpha value is -2.34. The van der Waals surface area contributed by atoms with Crippen LogP contribution in [0.5, 0.6) is 0 Å². The number of nitrogens with zero attached hydrogens (tertiary/aromatic N) is 2. The topological polar surface area (TPSA) is 67.2 Å². The first kappa shape index (κ1) is 17.5. The molecule has 128 valence electrons. The van der Waals surface area contributed by atoms with Crippen LogP contribution in [-0.2, 0) is 0 Å². The van der Waals surface area contributed by atoms with Gasteiger partial charge in [-0.25, -0.2) is 0 Å². The largest absolute Gasteiger partial charge is 0.394 e. The zero-order valence-electron chi connectivity index (χ0n) is 13.1. The molecule has 0 saturated carbocycles. The predicted octanol–water partition coefficient (Wildman–Crippen LogP) is 3.68. The summed E-state index contributed by atoms with van der Waals surface area (Å²) in [7, 11) is 0. The van der Waals surface area contributed by atoms with Gasteiger partial charge >= 0.3 is 0 Å². The fourth-order valence-electron chi connectivity index (χ4n) is 2.40. The number of benzene rings is 2. The van der Waals surface area contributed by atoms with Crippen molar-refractivity contribution >= 4 is 28.9 Å². The summed E-state index contributed by atoms with van der Waals surface area (Å²) >= 11 is 12.1. The van der Waals surface area contributed by atoms with Crippen LogP contribution in [-0.4, -0.2) is 21.5 Å². The normalized spacial score (nSPS) is 12.0. The number of anilines is 1. The molecule has 0 spiro atoms. The van der Waals surface area contributed by atoms with E-state index in [0.717, 1.165) is 5.56 Å². The molecule has 1 aromatic heterocycles. The van der Waals surface area contributed by atoms with Gasteiger partial charge in [0.25, 0.3) is 5.56 Å². The number of nitrogens with one attached hydrogen (secondary N) is 1. The molecule has 25 heavy (non-hydrogen) atoms. The van der Waals surface area contributed by atoms with Gasteiger partial charge in [-0.3, -0.25) is 4.79 Å². The highest BCUT2D eigenvalue weighted by Gasteiger charge is 2.15. The van der Waals surface area contributed by atoms with Gasteiger partial charge in [0.05, 0.1) is 30.2 Å². The quantitative estimate of drug-likeness (QED) is 0.713. The lowest BCUT2D eigenvalue weighted by atomic mass is 10.1. The molecule has 0 bridgehead atoms. The number of aromatic nitrogens is 2. The fraction of sp³-hybridized carbons (Fsp3) is 0.111. The zero-order valence-corrected chi connectivity index (χ0v) is 14.6. The SMILES string of the molecule is O=c1c(Cl)c(NC(CO)c2ccc(Cl)cc2)cnn1-c1ccccc1. The smallest absolute Gasteiger partial charge is 0.292 e. The molecular formula is C18H15Cl2N3O2. The summed E-state index contributed by atoms with van der Waals surface area (Å²) in [6.45, 7) is -0.181. The molecule has 2 aromatic carbocycles. The molecule has 1 atom stereocenters. The zero-order chi connectivity index (χ0) is 17.8. The minimum atomic E-state index is -0.441. The molecule has 1 heterocycles. The van der Waals surface area contributed by atoms with Crippen LogP contribution in [0.4, 0.5) is 5.69 Å². The average molecular weight is 376 g/mol. The molecule has 0 saturated heterocycles. The highest BCUT2D eigenvalue weighted by Crippen LogP contribution is 2.24. The fourth-order valence-corrected chi connectivity index (χ4v) is 2.71. The standard InChI is InChI=1S/C18H15Cl2N3O2/c19-13-8-6-12(7-9-13)16(11-24)22-15-10-21-23(18(25)17(15)20)14-4-2-1-3-5-14/h1-10,16,22,24H,11H2. The Morgan fingerprint density at radius 1 is 1.08 bits per heavy atom. The number of para-hydroxylation sites is 1. The molecule has 0 radical (unpaired) electrons. The van der Waals surface area contributed by atoms with Gasteiger partial charge in [0.2, 0.25) is 0 Å². The molecule has 0 amide bonds. The van der Waals surface area contributed by atoms with E-state index in [1.165, 1.54) is 10.9 Å². The lowest BCUT2D eigenvalue weighted by Gasteiger charge is -2.19. The summed E-state index contributed by atoms with van der Waals surface area (Å²) in [4.78, 5) is 12.5. The maximum absolute atomic E-state index is 12.5. The van der Waals surface area contributed by atoms with E-state index in [2.05, 4.69) is 10.4 Å². The summed E-state index contributed by atoms with van der Waals surface area (Å²) in [5, 5.41) is 17.5. The Morgan fingerprint density at radius 3 is 2.40 bits per heavy atom. The summed E-state index contributed by atoms with van der Waals surface area (Å²) in [6.07, 6.45) is 1.47. The molecule has 7 heteroatoms. The van der Waals surface area contributed by atoms with Crippen LogP contribution in [0.3, 0.4) is 0 Å². The molecule has 3 rings (SSSR count). The van der Waals surface area contributed by atoms with Crippen LogP contribution in [0.25, 0.3) is 5.69 Å². The molecule has 2 N–H and O–H groups in total.